The van der Waals surface area contributed by atoms with Crippen LogP contribution in [0.3, 0.4) is 0 Å². The third-order valence-electron chi connectivity index (χ3n) is 3.80. The number of rotatable bonds is 8. The van der Waals surface area contributed by atoms with Gasteiger partial charge in [0.15, 0.2) is 0 Å². The van der Waals surface area contributed by atoms with Gasteiger partial charge in [0.2, 0.25) is 0 Å². The molecule has 0 amide bonds. The van der Waals surface area contributed by atoms with E-state index < -0.39 is 0 Å². The Hall–Kier alpha value is -1.06. The van der Waals surface area contributed by atoms with Crippen LogP contribution in [-0.4, -0.2) is 13.2 Å². The highest BCUT2D eigenvalue weighted by Crippen LogP contribution is 2.34. The third-order valence-corrected chi connectivity index (χ3v) is 3.80. The number of hydrazine groups is 1. The second-order valence-corrected chi connectivity index (χ2v) is 5.27. The molecule has 3 nitrogen and oxygen atoms in total. The van der Waals surface area contributed by atoms with Gasteiger partial charge in [-0.2, -0.15) is 0 Å². The topological polar surface area (TPSA) is 47.3 Å². The van der Waals surface area contributed by atoms with E-state index in [9.17, 15) is 0 Å². The van der Waals surface area contributed by atoms with Crippen LogP contribution >= 0.6 is 0 Å². The standard InChI is InChI=1S/C15H24N2O/c1-18-15-10-6-13(7-11-15)5-9-14(17-16)8-4-12-2-3-12/h6-7,10-12,14,17H,2-5,8-9,16H2,1H3. The molecule has 0 heterocycles. The molecule has 1 aliphatic carbocycles. The number of methoxy groups -OCH3 is 1. The first-order valence-electron chi connectivity index (χ1n) is 6.91. The minimum atomic E-state index is 0.452. The minimum Gasteiger partial charge on any atom is -0.497 e. The largest absolute Gasteiger partial charge is 0.497 e. The van der Waals surface area contributed by atoms with Crippen molar-refractivity contribution in [3.63, 3.8) is 0 Å². The summed E-state index contributed by atoms with van der Waals surface area (Å²) in [5.41, 5.74) is 4.30. The van der Waals surface area contributed by atoms with Crippen LogP contribution in [0.1, 0.15) is 37.7 Å². The quantitative estimate of drug-likeness (QED) is 0.549. The molecule has 1 aromatic carbocycles. The maximum atomic E-state index is 5.62. The molecule has 0 aromatic heterocycles. The molecule has 1 fully saturated rings. The molecule has 0 saturated heterocycles. The Morgan fingerprint density at radius 3 is 2.56 bits per heavy atom. The maximum absolute atomic E-state index is 5.62. The SMILES string of the molecule is COc1ccc(CCC(CCC2CC2)NN)cc1. The Balaban J connectivity index is 1.73. The molecule has 0 radical (unpaired) electrons. The number of aryl methyl sites for hydroxylation is 1. The second kappa shape index (κ2) is 6.76. The first kappa shape index (κ1) is 13.4. The van der Waals surface area contributed by atoms with Crippen molar-refractivity contribution < 1.29 is 4.74 Å². The molecule has 3 N–H and O–H groups in total. The molecule has 1 aromatic rings. The molecule has 1 saturated carbocycles. The first-order chi connectivity index (χ1) is 8.81. The lowest BCUT2D eigenvalue weighted by Crippen LogP contribution is -2.35. The zero-order valence-corrected chi connectivity index (χ0v) is 11.2. The molecule has 1 aliphatic rings. The minimum absolute atomic E-state index is 0.452. The summed E-state index contributed by atoms with van der Waals surface area (Å²) in [6.07, 6.45) is 7.57. The van der Waals surface area contributed by atoms with Gasteiger partial charge in [-0.3, -0.25) is 11.3 Å². The van der Waals surface area contributed by atoms with E-state index in [0.29, 0.717) is 6.04 Å². The van der Waals surface area contributed by atoms with Crippen LogP contribution < -0.4 is 16.0 Å². The van der Waals surface area contributed by atoms with Crippen molar-refractivity contribution >= 4 is 0 Å². The summed E-state index contributed by atoms with van der Waals surface area (Å²) in [4.78, 5) is 0. The predicted octanol–water partition coefficient (Wildman–Crippen LogP) is 2.65. The summed E-state index contributed by atoms with van der Waals surface area (Å²) in [6, 6.07) is 8.75. The van der Waals surface area contributed by atoms with Crippen LogP contribution in [0.2, 0.25) is 0 Å². The van der Waals surface area contributed by atoms with Crippen molar-refractivity contribution in [1.29, 1.82) is 0 Å². The lowest BCUT2D eigenvalue weighted by Gasteiger charge is -2.15. The molecule has 18 heavy (non-hydrogen) atoms. The molecule has 0 bridgehead atoms. The van der Waals surface area contributed by atoms with Crippen LogP contribution in [0.5, 0.6) is 5.75 Å². The number of hydrogen-bond donors (Lipinski definition) is 2. The number of nitrogens with one attached hydrogen (secondary N) is 1. The average Bonchev–Trinajstić information content (AvgIpc) is 3.24. The van der Waals surface area contributed by atoms with Crippen LogP contribution in [0.15, 0.2) is 24.3 Å². The van der Waals surface area contributed by atoms with Gasteiger partial charge in [0.1, 0.15) is 5.75 Å². The number of hydrogen-bond acceptors (Lipinski definition) is 3. The fourth-order valence-corrected chi connectivity index (χ4v) is 2.29. The van der Waals surface area contributed by atoms with Crippen molar-refractivity contribution in [2.24, 2.45) is 11.8 Å². The summed E-state index contributed by atoms with van der Waals surface area (Å²) < 4.78 is 5.16. The molecule has 1 atom stereocenters. The van der Waals surface area contributed by atoms with Gasteiger partial charge >= 0.3 is 0 Å². The van der Waals surface area contributed by atoms with Crippen molar-refractivity contribution in [2.75, 3.05) is 7.11 Å². The van der Waals surface area contributed by atoms with E-state index in [0.717, 1.165) is 24.5 Å². The van der Waals surface area contributed by atoms with Gasteiger partial charge < -0.3 is 4.74 Å². The average molecular weight is 248 g/mol. The maximum Gasteiger partial charge on any atom is 0.118 e. The Labute approximate surface area is 110 Å². The molecule has 0 aliphatic heterocycles. The Morgan fingerprint density at radius 1 is 1.28 bits per heavy atom. The van der Waals surface area contributed by atoms with Gasteiger partial charge in [0, 0.05) is 6.04 Å². The first-order valence-corrected chi connectivity index (χ1v) is 6.91. The number of ether oxygens (including phenoxy) is 1. The molecule has 0 spiro atoms. The summed E-state index contributed by atoms with van der Waals surface area (Å²) in [5.74, 6) is 7.52. The Kier molecular flexibility index (Phi) is 5.02. The van der Waals surface area contributed by atoms with Gasteiger partial charge in [-0.25, -0.2) is 0 Å². The van der Waals surface area contributed by atoms with Gasteiger partial charge in [0.25, 0.3) is 0 Å². The second-order valence-electron chi connectivity index (χ2n) is 5.27. The normalized spacial score (nSPS) is 16.6. The predicted molar refractivity (Wildman–Crippen MR) is 74.4 cm³/mol. The fourth-order valence-electron chi connectivity index (χ4n) is 2.29. The van der Waals surface area contributed by atoms with Crippen molar-refractivity contribution in [3.05, 3.63) is 29.8 Å². The van der Waals surface area contributed by atoms with Crippen LogP contribution in [-0.2, 0) is 6.42 Å². The third kappa shape index (κ3) is 4.31. The van der Waals surface area contributed by atoms with Crippen molar-refractivity contribution in [3.8, 4) is 5.75 Å². The van der Waals surface area contributed by atoms with E-state index in [4.69, 9.17) is 10.6 Å². The number of benzene rings is 1. The summed E-state index contributed by atoms with van der Waals surface area (Å²) in [6.45, 7) is 0. The van der Waals surface area contributed by atoms with Gasteiger partial charge in [0.05, 0.1) is 7.11 Å². The highest BCUT2D eigenvalue weighted by atomic mass is 16.5. The molecule has 3 heteroatoms. The molecular weight excluding hydrogens is 224 g/mol. The molecule has 2 rings (SSSR count). The fraction of sp³-hybridized carbons (Fsp3) is 0.600. The van der Waals surface area contributed by atoms with E-state index in [-0.39, 0.29) is 0 Å². The summed E-state index contributed by atoms with van der Waals surface area (Å²) in [5, 5.41) is 0. The lowest BCUT2D eigenvalue weighted by molar-refractivity contribution is 0.414. The van der Waals surface area contributed by atoms with E-state index in [1.165, 1.54) is 31.2 Å². The molecule has 100 valence electrons. The molecule has 1 unspecified atom stereocenters. The van der Waals surface area contributed by atoms with E-state index in [1.54, 1.807) is 7.11 Å². The zero-order chi connectivity index (χ0) is 12.8. The zero-order valence-electron chi connectivity index (χ0n) is 11.2. The Morgan fingerprint density at radius 2 is 2.00 bits per heavy atom. The summed E-state index contributed by atoms with van der Waals surface area (Å²) in [7, 11) is 1.70. The smallest absolute Gasteiger partial charge is 0.118 e. The Bertz CT molecular complexity index is 346. The van der Waals surface area contributed by atoms with Crippen molar-refractivity contribution in [2.45, 2.75) is 44.6 Å². The van der Waals surface area contributed by atoms with Gasteiger partial charge in [-0.15, -0.1) is 0 Å². The van der Waals surface area contributed by atoms with Crippen LogP contribution in [0.4, 0.5) is 0 Å². The van der Waals surface area contributed by atoms with E-state index in [1.807, 2.05) is 12.1 Å². The van der Waals surface area contributed by atoms with Crippen molar-refractivity contribution in [1.82, 2.24) is 5.43 Å². The monoisotopic (exact) mass is 248 g/mol. The van der Waals surface area contributed by atoms with E-state index in [2.05, 4.69) is 17.6 Å². The van der Waals surface area contributed by atoms with Gasteiger partial charge in [-0.05, 0) is 49.3 Å². The number of nitrogens with two attached hydrogens (primary N) is 1. The highest BCUT2D eigenvalue weighted by Gasteiger charge is 2.22. The lowest BCUT2D eigenvalue weighted by atomic mass is 10.0. The summed E-state index contributed by atoms with van der Waals surface area (Å²) >= 11 is 0. The molecular formula is C15H24N2O. The van der Waals surface area contributed by atoms with Gasteiger partial charge in [-0.1, -0.05) is 25.0 Å². The van der Waals surface area contributed by atoms with E-state index >= 15 is 0 Å². The van der Waals surface area contributed by atoms with Crippen LogP contribution in [0, 0.1) is 5.92 Å². The van der Waals surface area contributed by atoms with Crippen LogP contribution in [0.25, 0.3) is 0 Å². The highest BCUT2D eigenvalue weighted by molar-refractivity contribution is 5.27.